The van der Waals surface area contributed by atoms with Crippen LogP contribution in [0.1, 0.15) is 6.92 Å². The number of nitrogens with one attached hydrogen (secondary N) is 1. The van der Waals surface area contributed by atoms with Crippen molar-refractivity contribution < 1.29 is 22.8 Å². The van der Waals surface area contributed by atoms with Crippen LogP contribution in [-0.4, -0.2) is 25.3 Å². The summed E-state index contributed by atoms with van der Waals surface area (Å²) in [4.78, 5) is 11.4. The highest BCUT2D eigenvalue weighted by molar-refractivity contribution is 7.91. The number of benzene rings is 2. The minimum absolute atomic E-state index is 0.116. The lowest BCUT2D eigenvalue weighted by molar-refractivity contribution is -0.132. The summed E-state index contributed by atoms with van der Waals surface area (Å²) in [6.07, 6.45) is 0. The Balaban J connectivity index is 1.85. The van der Waals surface area contributed by atoms with Crippen LogP contribution in [0.2, 0.25) is 0 Å². The molecule has 130 valence electrons. The molecule has 0 radical (unpaired) electrons. The number of sulfone groups is 1. The maximum atomic E-state index is 12.4. The van der Waals surface area contributed by atoms with Crippen molar-refractivity contribution in [3.63, 3.8) is 0 Å². The third kappa shape index (κ3) is 3.57. The van der Waals surface area contributed by atoms with E-state index in [4.69, 9.17) is 9.62 Å². The van der Waals surface area contributed by atoms with Crippen LogP contribution in [0.3, 0.4) is 0 Å². The Morgan fingerprint density at radius 2 is 1.84 bits per heavy atom. The minimum atomic E-state index is -3.64. The second kappa shape index (κ2) is 6.70. The fourth-order valence-electron chi connectivity index (χ4n) is 2.56. The van der Waals surface area contributed by atoms with Crippen molar-refractivity contribution in [3.8, 4) is 11.3 Å². The van der Waals surface area contributed by atoms with Crippen LogP contribution in [0.5, 0.6) is 0 Å². The molecule has 1 atom stereocenters. The molecule has 1 unspecified atom stereocenters. The highest BCUT2D eigenvalue weighted by Gasteiger charge is 2.23. The summed E-state index contributed by atoms with van der Waals surface area (Å²) in [5.41, 5.74) is 2.99. The predicted molar refractivity (Wildman–Crippen MR) is 92.8 cm³/mol. The largest absolute Gasteiger partial charge is 0.456 e. The first-order valence-corrected chi connectivity index (χ1v) is 9.31. The summed E-state index contributed by atoms with van der Waals surface area (Å²) < 4.78 is 30.5. The topological polar surface area (TPSA) is 96.6 Å². The average Bonchev–Trinajstić information content (AvgIpc) is 3.05. The van der Waals surface area contributed by atoms with E-state index in [1.807, 2.05) is 30.3 Å². The normalized spacial score (nSPS) is 12.9. The van der Waals surface area contributed by atoms with Gasteiger partial charge in [-0.3, -0.25) is 10.0 Å². The smallest absolute Gasteiger partial charge is 0.247 e. The van der Waals surface area contributed by atoms with Gasteiger partial charge in [0, 0.05) is 10.9 Å². The van der Waals surface area contributed by atoms with Crippen molar-refractivity contribution >= 4 is 26.7 Å². The van der Waals surface area contributed by atoms with E-state index in [0.717, 1.165) is 16.5 Å². The van der Waals surface area contributed by atoms with Crippen LogP contribution < -0.4 is 5.48 Å². The van der Waals surface area contributed by atoms with Crippen LogP contribution in [0.25, 0.3) is 22.3 Å². The SMILES string of the molecule is CC(CS(=O)(=O)c1ccc(-c2cc3ccccc3o2)cc1)C(=O)NO. The van der Waals surface area contributed by atoms with E-state index in [-0.39, 0.29) is 10.6 Å². The zero-order valence-electron chi connectivity index (χ0n) is 13.5. The van der Waals surface area contributed by atoms with E-state index in [2.05, 4.69) is 0 Å². The van der Waals surface area contributed by atoms with Crippen molar-refractivity contribution in [2.24, 2.45) is 5.92 Å². The van der Waals surface area contributed by atoms with Gasteiger partial charge in [0.25, 0.3) is 0 Å². The Hall–Kier alpha value is -2.64. The summed E-state index contributed by atoms with van der Waals surface area (Å²) >= 11 is 0. The number of furan rings is 1. The molecule has 3 aromatic rings. The molecule has 0 aliphatic rings. The molecule has 2 aromatic carbocycles. The molecule has 0 bridgehead atoms. The van der Waals surface area contributed by atoms with Crippen molar-refractivity contribution in [2.75, 3.05) is 5.75 Å². The van der Waals surface area contributed by atoms with E-state index in [1.54, 1.807) is 12.1 Å². The van der Waals surface area contributed by atoms with E-state index >= 15 is 0 Å². The molecular weight excluding hydrogens is 342 g/mol. The molecule has 0 fully saturated rings. The number of hydroxylamine groups is 1. The van der Waals surface area contributed by atoms with Gasteiger partial charge in [0.1, 0.15) is 11.3 Å². The number of carbonyl (C=O) groups is 1. The molecule has 0 aliphatic heterocycles. The zero-order chi connectivity index (χ0) is 18.0. The molecule has 7 heteroatoms. The maximum Gasteiger partial charge on any atom is 0.247 e. The quantitative estimate of drug-likeness (QED) is 0.539. The molecule has 0 aliphatic carbocycles. The first kappa shape index (κ1) is 17.2. The molecule has 3 rings (SSSR count). The number of hydrogen-bond donors (Lipinski definition) is 2. The maximum absolute atomic E-state index is 12.4. The van der Waals surface area contributed by atoms with Crippen molar-refractivity contribution in [1.82, 2.24) is 5.48 Å². The molecule has 1 heterocycles. The van der Waals surface area contributed by atoms with E-state index in [1.165, 1.54) is 24.5 Å². The molecule has 25 heavy (non-hydrogen) atoms. The first-order chi connectivity index (χ1) is 11.9. The van der Waals surface area contributed by atoms with Gasteiger partial charge in [-0.2, -0.15) is 0 Å². The monoisotopic (exact) mass is 359 g/mol. The second-order valence-electron chi connectivity index (χ2n) is 5.83. The molecule has 1 amide bonds. The highest BCUT2D eigenvalue weighted by Crippen LogP contribution is 2.28. The Morgan fingerprint density at radius 3 is 2.48 bits per heavy atom. The second-order valence-corrected chi connectivity index (χ2v) is 7.87. The lowest BCUT2D eigenvalue weighted by Crippen LogP contribution is -2.30. The Bertz CT molecular complexity index is 972. The number of para-hydroxylation sites is 1. The molecule has 0 spiro atoms. The van der Waals surface area contributed by atoms with Crippen molar-refractivity contribution in [3.05, 3.63) is 54.6 Å². The van der Waals surface area contributed by atoms with Crippen LogP contribution in [-0.2, 0) is 14.6 Å². The van der Waals surface area contributed by atoms with Gasteiger partial charge in [-0.15, -0.1) is 0 Å². The van der Waals surface area contributed by atoms with Gasteiger partial charge in [-0.05, 0) is 36.4 Å². The third-order valence-corrected chi connectivity index (χ3v) is 5.88. The van der Waals surface area contributed by atoms with Crippen LogP contribution in [0, 0.1) is 5.92 Å². The van der Waals surface area contributed by atoms with E-state index < -0.39 is 21.7 Å². The number of hydrogen-bond acceptors (Lipinski definition) is 5. The van der Waals surface area contributed by atoms with Crippen LogP contribution >= 0.6 is 0 Å². The summed E-state index contributed by atoms with van der Waals surface area (Å²) in [6.45, 7) is 1.44. The summed E-state index contributed by atoms with van der Waals surface area (Å²) in [5, 5.41) is 9.56. The Labute approximate surface area is 145 Å². The summed E-state index contributed by atoms with van der Waals surface area (Å²) in [5.74, 6) is -1.32. The number of rotatable bonds is 5. The number of carbonyl (C=O) groups excluding carboxylic acids is 1. The van der Waals surface area contributed by atoms with Gasteiger partial charge in [0.2, 0.25) is 5.91 Å². The van der Waals surface area contributed by atoms with Gasteiger partial charge in [0.15, 0.2) is 9.84 Å². The Morgan fingerprint density at radius 1 is 1.16 bits per heavy atom. The predicted octanol–water partition coefficient (Wildman–Crippen LogP) is 3.02. The molecule has 0 saturated heterocycles. The van der Waals surface area contributed by atoms with Crippen LogP contribution in [0.4, 0.5) is 0 Å². The van der Waals surface area contributed by atoms with E-state index in [9.17, 15) is 13.2 Å². The van der Waals surface area contributed by atoms with Gasteiger partial charge in [-0.1, -0.05) is 25.1 Å². The highest BCUT2D eigenvalue weighted by atomic mass is 32.2. The minimum Gasteiger partial charge on any atom is -0.456 e. The number of amides is 1. The molecule has 6 nitrogen and oxygen atoms in total. The lowest BCUT2D eigenvalue weighted by atomic mass is 10.1. The van der Waals surface area contributed by atoms with E-state index in [0.29, 0.717) is 5.76 Å². The van der Waals surface area contributed by atoms with Crippen molar-refractivity contribution in [1.29, 1.82) is 0 Å². The lowest BCUT2D eigenvalue weighted by Gasteiger charge is -2.10. The van der Waals surface area contributed by atoms with Crippen molar-refractivity contribution in [2.45, 2.75) is 11.8 Å². The fourth-order valence-corrected chi connectivity index (χ4v) is 4.11. The first-order valence-electron chi connectivity index (χ1n) is 7.66. The van der Waals surface area contributed by atoms with Gasteiger partial charge in [0.05, 0.1) is 16.6 Å². The summed E-state index contributed by atoms with van der Waals surface area (Å²) in [7, 11) is -3.64. The number of fused-ring (bicyclic) bond motifs is 1. The molecule has 2 N–H and O–H groups in total. The zero-order valence-corrected chi connectivity index (χ0v) is 14.3. The van der Waals surface area contributed by atoms with Gasteiger partial charge in [-0.25, -0.2) is 13.9 Å². The van der Waals surface area contributed by atoms with Crippen LogP contribution in [0.15, 0.2) is 63.9 Å². The fraction of sp³-hybridized carbons (Fsp3) is 0.167. The third-order valence-electron chi connectivity index (χ3n) is 3.95. The summed E-state index contributed by atoms with van der Waals surface area (Å²) in [6, 6.07) is 15.8. The molecular formula is C18H17NO5S. The van der Waals surface area contributed by atoms with Gasteiger partial charge < -0.3 is 4.42 Å². The molecule has 1 aromatic heterocycles. The van der Waals surface area contributed by atoms with Gasteiger partial charge >= 0.3 is 0 Å². The Kier molecular flexibility index (Phi) is 4.61. The standard InChI is InChI=1S/C18H17NO5S/c1-12(18(20)19-21)11-25(22,23)15-8-6-13(7-9-15)17-10-14-4-2-3-5-16(14)24-17/h2-10,12,21H,11H2,1H3,(H,19,20). The average molecular weight is 359 g/mol. The molecule has 0 saturated carbocycles.